The molecule has 3 atom stereocenters. The molecule has 8 nitrogen and oxygen atoms in total. The molecule has 0 fully saturated rings. The minimum Gasteiger partial charge on any atom is -0.387 e. The first-order valence-corrected chi connectivity index (χ1v) is 22.1. The molecule has 0 rings (SSSR count). The summed E-state index contributed by atoms with van der Waals surface area (Å²) in [7, 11) is -4.33. The minimum absolute atomic E-state index is 0.0772. The van der Waals surface area contributed by atoms with Gasteiger partial charge >= 0.3 is 7.82 Å². The molecule has 0 heterocycles. The van der Waals surface area contributed by atoms with Crippen LogP contribution >= 0.6 is 7.82 Å². The molecule has 1 amide bonds. The number of unbranched alkanes of at least 4 members (excludes halogenated alkanes) is 22. The Labute approximate surface area is 308 Å². The highest BCUT2D eigenvalue weighted by Gasteiger charge is 2.26. The molecule has 0 saturated carbocycles. The number of hydrogen-bond acceptors (Lipinski definition) is 6. The van der Waals surface area contributed by atoms with E-state index in [2.05, 4.69) is 43.5 Å². The van der Waals surface area contributed by atoms with Crippen LogP contribution in [0.1, 0.15) is 187 Å². The smallest absolute Gasteiger partial charge is 0.387 e. The maximum absolute atomic E-state index is 12.7. The Kier molecular flexibility index (Phi) is 36.5. The Bertz CT molecular complexity index is 881. The first kappa shape index (κ1) is 48.7. The highest BCUT2D eigenvalue weighted by molar-refractivity contribution is 7.47. The Morgan fingerprint density at radius 1 is 0.660 bits per heavy atom. The number of aliphatic hydroxyl groups is 1. The molecule has 3 unspecified atom stereocenters. The van der Waals surface area contributed by atoms with E-state index in [0.29, 0.717) is 6.42 Å². The van der Waals surface area contributed by atoms with Crippen molar-refractivity contribution in [2.75, 3.05) is 19.8 Å². The molecule has 294 valence electrons. The Balaban J connectivity index is 4.15. The first-order chi connectivity index (χ1) is 24.4. The van der Waals surface area contributed by atoms with Gasteiger partial charge in [-0.05, 0) is 51.4 Å². The number of nitrogens with two attached hydrogens (primary N) is 1. The summed E-state index contributed by atoms with van der Waals surface area (Å²) in [6.45, 7) is 4.09. The predicted octanol–water partition coefficient (Wildman–Crippen LogP) is 11.2. The Hall–Kier alpha value is -1.28. The molecule has 9 heteroatoms. The van der Waals surface area contributed by atoms with Crippen molar-refractivity contribution < 1.29 is 28.4 Å². The number of amides is 1. The lowest BCUT2D eigenvalue weighted by molar-refractivity contribution is -0.123. The average molecular weight is 727 g/mol. The molecule has 50 heavy (non-hydrogen) atoms. The predicted molar refractivity (Wildman–Crippen MR) is 212 cm³/mol. The van der Waals surface area contributed by atoms with Gasteiger partial charge in [0.2, 0.25) is 5.91 Å². The van der Waals surface area contributed by atoms with Crippen molar-refractivity contribution in [3.63, 3.8) is 0 Å². The summed E-state index contributed by atoms with van der Waals surface area (Å²) < 4.78 is 22.0. The number of nitrogens with one attached hydrogen (secondary N) is 1. The molecule has 0 radical (unpaired) electrons. The summed E-state index contributed by atoms with van der Waals surface area (Å²) in [5, 5.41) is 13.6. The maximum atomic E-state index is 12.7. The highest BCUT2D eigenvalue weighted by Crippen LogP contribution is 2.43. The van der Waals surface area contributed by atoms with Crippen LogP contribution in [0.4, 0.5) is 0 Å². The first-order valence-electron chi connectivity index (χ1n) is 20.6. The van der Waals surface area contributed by atoms with E-state index in [-0.39, 0.29) is 25.7 Å². The number of allylic oxidation sites excluding steroid dienone is 5. The van der Waals surface area contributed by atoms with Crippen LogP contribution in [0.5, 0.6) is 0 Å². The monoisotopic (exact) mass is 727 g/mol. The number of carbonyl (C=O) groups is 1. The lowest BCUT2D eigenvalue weighted by atomic mass is 10.0. The van der Waals surface area contributed by atoms with Gasteiger partial charge in [0.25, 0.3) is 0 Å². The van der Waals surface area contributed by atoms with Gasteiger partial charge in [0.1, 0.15) is 0 Å². The molecule has 0 aromatic heterocycles. The zero-order chi connectivity index (χ0) is 36.8. The van der Waals surface area contributed by atoms with Gasteiger partial charge in [0.05, 0.1) is 25.4 Å². The molecule has 0 aliphatic rings. The van der Waals surface area contributed by atoms with Crippen LogP contribution in [0.25, 0.3) is 0 Å². The van der Waals surface area contributed by atoms with E-state index < -0.39 is 20.0 Å². The number of phosphoric ester groups is 1. The van der Waals surface area contributed by atoms with Crippen LogP contribution < -0.4 is 11.1 Å². The Morgan fingerprint density at radius 2 is 1.10 bits per heavy atom. The van der Waals surface area contributed by atoms with Gasteiger partial charge in [-0.25, -0.2) is 4.57 Å². The average Bonchev–Trinajstić information content (AvgIpc) is 3.10. The van der Waals surface area contributed by atoms with E-state index >= 15 is 0 Å². The third-order valence-corrected chi connectivity index (χ3v) is 9.94. The third-order valence-electron chi connectivity index (χ3n) is 8.96. The van der Waals surface area contributed by atoms with E-state index in [4.69, 9.17) is 14.8 Å². The molecular formula is C41H79N2O6P. The van der Waals surface area contributed by atoms with Gasteiger partial charge in [-0.2, -0.15) is 0 Å². The lowest BCUT2D eigenvalue weighted by Crippen LogP contribution is -2.45. The molecule has 0 aromatic carbocycles. The second-order valence-electron chi connectivity index (χ2n) is 13.8. The normalized spacial score (nSPS) is 14.6. The topological polar surface area (TPSA) is 131 Å². The summed E-state index contributed by atoms with van der Waals surface area (Å²) in [6.07, 6.45) is 43.4. The number of carbonyl (C=O) groups excluding carboxylic acids is 1. The SMILES string of the molecule is CCCCCCC/C=C\C/C=C\CCCCCCCCCCCC(=O)NC(COP(=O)(O)OCCN)C(O)/C=C/CCCCCCCCCC. The molecule has 0 aliphatic heterocycles. The quantitative estimate of drug-likeness (QED) is 0.0283. The molecule has 0 saturated heterocycles. The standard InChI is InChI=1S/C41H79N2O6P/c1-3-5-7-9-11-13-15-16-17-18-19-20-21-22-23-24-25-27-29-31-33-35-41(45)43-39(38-49-50(46,47)48-37-36-42)40(44)34-32-30-28-26-14-12-10-8-6-4-2/h15-16,18-19,32,34,39-40,44H,3-14,17,20-31,33,35-38,42H2,1-2H3,(H,43,45)(H,46,47)/b16-15-,19-18-,34-32+. The largest absolute Gasteiger partial charge is 0.472 e. The van der Waals surface area contributed by atoms with Gasteiger partial charge in [-0.15, -0.1) is 0 Å². The highest BCUT2D eigenvalue weighted by atomic mass is 31.2. The van der Waals surface area contributed by atoms with Crippen LogP contribution in [-0.4, -0.2) is 47.8 Å². The number of phosphoric acid groups is 1. The summed E-state index contributed by atoms with van der Waals surface area (Å²) in [6, 6.07) is -0.860. The lowest BCUT2D eigenvalue weighted by Gasteiger charge is -2.23. The fourth-order valence-corrected chi connectivity index (χ4v) is 6.57. The van der Waals surface area contributed by atoms with E-state index in [9.17, 15) is 19.4 Å². The van der Waals surface area contributed by atoms with Crippen LogP contribution in [0.15, 0.2) is 36.5 Å². The van der Waals surface area contributed by atoms with Crippen LogP contribution in [0, 0.1) is 0 Å². The Morgan fingerprint density at radius 3 is 1.58 bits per heavy atom. The number of aliphatic hydroxyl groups excluding tert-OH is 1. The van der Waals surface area contributed by atoms with E-state index in [1.807, 2.05) is 6.08 Å². The second kappa shape index (κ2) is 37.5. The minimum atomic E-state index is -4.33. The van der Waals surface area contributed by atoms with Crippen molar-refractivity contribution >= 4 is 13.7 Å². The van der Waals surface area contributed by atoms with Gasteiger partial charge in [0.15, 0.2) is 0 Å². The summed E-state index contributed by atoms with van der Waals surface area (Å²) in [4.78, 5) is 22.6. The summed E-state index contributed by atoms with van der Waals surface area (Å²) in [5.41, 5.74) is 5.36. The molecule has 0 spiro atoms. The van der Waals surface area contributed by atoms with Crippen LogP contribution in [0.3, 0.4) is 0 Å². The van der Waals surface area contributed by atoms with E-state index in [0.717, 1.165) is 44.9 Å². The zero-order valence-corrected chi connectivity index (χ0v) is 33.3. The van der Waals surface area contributed by atoms with Gasteiger partial charge < -0.3 is 21.1 Å². The van der Waals surface area contributed by atoms with Crippen LogP contribution in [0.2, 0.25) is 0 Å². The fourth-order valence-electron chi connectivity index (χ4n) is 5.81. The van der Waals surface area contributed by atoms with Crippen molar-refractivity contribution in [2.45, 2.75) is 199 Å². The van der Waals surface area contributed by atoms with E-state index in [1.165, 1.54) is 122 Å². The molecule has 0 aliphatic carbocycles. The van der Waals surface area contributed by atoms with Gasteiger partial charge in [-0.3, -0.25) is 13.8 Å². The number of rotatable bonds is 38. The van der Waals surface area contributed by atoms with Crippen LogP contribution in [-0.2, 0) is 18.4 Å². The molecule has 5 N–H and O–H groups in total. The van der Waals surface area contributed by atoms with Gasteiger partial charge in [-0.1, -0.05) is 166 Å². The number of hydrogen-bond donors (Lipinski definition) is 4. The fraction of sp³-hybridized carbons (Fsp3) is 0.829. The zero-order valence-electron chi connectivity index (χ0n) is 32.4. The molecular weight excluding hydrogens is 647 g/mol. The van der Waals surface area contributed by atoms with Crippen molar-refractivity contribution in [1.29, 1.82) is 0 Å². The van der Waals surface area contributed by atoms with Crippen molar-refractivity contribution in [1.82, 2.24) is 5.32 Å². The summed E-state index contributed by atoms with van der Waals surface area (Å²) in [5.74, 6) is -0.201. The van der Waals surface area contributed by atoms with Crippen molar-refractivity contribution in [3.05, 3.63) is 36.5 Å². The maximum Gasteiger partial charge on any atom is 0.472 e. The molecule has 0 aromatic rings. The van der Waals surface area contributed by atoms with Crippen molar-refractivity contribution in [3.8, 4) is 0 Å². The second-order valence-corrected chi connectivity index (χ2v) is 15.3. The third kappa shape index (κ3) is 35.1. The van der Waals surface area contributed by atoms with Gasteiger partial charge in [0, 0.05) is 13.0 Å². The van der Waals surface area contributed by atoms with E-state index in [1.54, 1.807) is 6.08 Å². The van der Waals surface area contributed by atoms with Crippen molar-refractivity contribution in [2.24, 2.45) is 5.73 Å². The molecule has 0 bridgehead atoms. The summed E-state index contributed by atoms with van der Waals surface area (Å²) >= 11 is 0.